The van der Waals surface area contributed by atoms with Crippen LogP contribution in [0, 0.1) is 17.8 Å². The van der Waals surface area contributed by atoms with E-state index in [4.69, 9.17) is 16.2 Å². The fourth-order valence-electron chi connectivity index (χ4n) is 1.25. The lowest BCUT2D eigenvalue weighted by Crippen LogP contribution is -2.19. The molecule has 0 aliphatic rings. The van der Waals surface area contributed by atoms with Gasteiger partial charge in [-0.25, -0.2) is 0 Å². The zero-order valence-corrected chi connectivity index (χ0v) is 10.5. The monoisotopic (exact) mass is 246 g/mol. The third kappa shape index (κ3) is 4.89. The van der Waals surface area contributed by atoms with Gasteiger partial charge in [0.2, 0.25) is 5.91 Å². The third-order valence-corrected chi connectivity index (χ3v) is 2.35. The van der Waals surface area contributed by atoms with E-state index in [1.165, 1.54) is 0 Å². The highest BCUT2D eigenvalue weighted by Crippen LogP contribution is 2.12. The lowest BCUT2D eigenvalue weighted by Gasteiger charge is -2.04. The molecule has 1 rings (SSSR count). The Labute approximate surface area is 107 Å². The topological polar surface area (TPSA) is 78.3 Å². The molecule has 0 spiro atoms. The van der Waals surface area contributed by atoms with Crippen LogP contribution in [0.1, 0.15) is 18.9 Å². The van der Waals surface area contributed by atoms with Crippen molar-refractivity contribution < 1.29 is 9.53 Å². The van der Waals surface area contributed by atoms with Crippen molar-refractivity contribution in [2.45, 2.75) is 13.3 Å². The molecule has 0 radical (unpaired) electrons. The number of primary amides is 1. The molecule has 0 fully saturated rings. The average Bonchev–Trinajstić information content (AvgIpc) is 2.36. The highest BCUT2D eigenvalue weighted by Gasteiger charge is 2.05. The first-order chi connectivity index (χ1) is 8.63. The molecule has 4 nitrogen and oxygen atoms in total. The summed E-state index contributed by atoms with van der Waals surface area (Å²) in [5.74, 6) is 6.10. The quantitative estimate of drug-likeness (QED) is 0.757. The van der Waals surface area contributed by atoms with E-state index in [1.54, 1.807) is 6.92 Å². The SMILES string of the molecule is CC(CC#Cc1cccc(OCCN)c1)C(N)=O. The maximum Gasteiger partial charge on any atom is 0.221 e. The first-order valence-electron chi connectivity index (χ1n) is 5.84. The number of ether oxygens (including phenoxy) is 1. The smallest absolute Gasteiger partial charge is 0.221 e. The van der Waals surface area contributed by atoms with Gasteiger partial charge in [0, 0.05) is 24.4 Å². The molecule has 1 unspecified atom stereocenters. The van der Waals surface area contributed by atoms with Crippen LogP contribution in [0.15, 0.2) is 24.3 Å². The van der Waals surface area contributed by atoms with Crippen LogP contribution in [-0.2, 0) is 4.79 Å². The Balaban J connectivity index is 2.62. The van der Waals surface area contributed by atoms with Gasteiger partial charge in [-0.3, -0.25) is 4.79 Å². The Kier molecular flexibility index (Phi) is 5.75. The summed E-state index contributed by atoms with van der Waals surface area (Å²) in [5, 5.41) is 0. The van der Waals surface area contributed by atoms with Gasteiger partial charge >= 0.3 is 0 Å². The number of nitrogens with two attached hydrogens (primary N) is 2. The van der Waals surface area contributed by atoms with Gasteiger partial charge in [-0.15, -0.1) is 0 Å². The molecular weight excluding hydrogens is 228 g/mol. The molecule has 0 heterocycles. The van der Waals surface area contributed by atoms with E-state index in [0.717, 1.165) is 11.3 Å². The van der Waals surface area contributed by atoms with Crippen molar-refractivity contribution in [1.29, 1.82) is 0 Å². The van der Waals surface area contributed by atoms with Gasteiger partial charge in [-0.1, -0.05) is 24.8 Å². The van der Waals surface area contributed by atoms with Gasteiger partial charge in [0.05, 0.1) is 0 Å². The van der Waals surface area contributed by atoms with E-state index in [2.05, 4.69) is 11.8 Å². The molecule has 1 amide bonds. The van der Waals surface area contributed by atoms with Crippen molar-refractivity contribution in [3.05, 3.63) is 29.8 Å². The molecule has 96 valence electrons. The van der Waals surface area contributed by atoms with E-state index >= 15 is 0 Å². The fraction of sp³-hybridized carbons (Fsp3) is 0.357. The van der Waals surface area contributed by atoms with Crippen LogP contribution in [0.4, 0.5) is 0 Å². The van der Waals surface area contributed by atoms with E-state index in [9.17, 15) is 4.79 Å². The van der Waals surface area contributed by atoms with Crippen molar-refractivity contribution in [3.8, 4) is 17.6 Å². The van der Waals surface area contributed by atoms with Gasteiger partial charge in [-0.2, -0.15) is 0 Å². The molecule has 0 aliphatic heterocycles. The molecule has 1 aromatic carbocycles. The summed E-state index contributed by atoms with van der Waals surface area (Å²) in [6.45, 7) is 2.72. The normalized spacial score (nSPS) is 11.2. The number of benzene rings is 1. The summed E-state index contributed by atoms with van der Waals surface area (Å²) in [4.78, 5) is 10.8. The second-order valence-electron chi connectivity index (χ2n) is 3.97. The van der Waals surface area contributed by atoms with Crippen molar-refractivity contribution in [2.75, 3.05) is 13.2 Å². The molecule has 0 saturated heterocycles. The first-order valence-corrected chi connectivity index (χ1v) is 5.84. The second-order valence-corrected chi connectivity index (χ2v) is 3.97. The zero-order valence-electron chi connectivity index (χ0n) is 10.5. The molecule has 0 aromatic heterocycles. The molecule has 1 atom stereocenters. The van der Waals surface area contributed by atoms with Crippen LogP contribution in [0.2, 0.25) is 0 Å². The predicted molar refractivity (Wildman–Crippen MR) is 70.8 cm³/mol. The van der Waals surface area contributed by atoms with E-state index < -0.39 is 0 Å². The van der Waals surface area contributed by atoms with Crippen molar-refractivity contribution >= 4 is 5.91 Å². The van der Waals surface area contributed by atoms with Crippen LogP contribution in [0.5, 0.6) is 5.75 Å². The lowest BCUT2D eigenvalue weighted by atomic mass is 10.1. The molecule has 4 heteroatoms. The van der Waals surface area contributed by atoms with Gasteiger partial charge in [0.15, 0.2) is 0 Å². The van der Waals surface area contributed by atoms with Crippen molar-refractivity contribution in [3.63, 3.8) is 0 Å². The van der Waals surface area contributed by atoms with Crippen LogP contribution in [0.3, 0.4) is 0 Å². The Morgan fingerprint density at radius 2 is 2.28 bits per heavy atom. The van der Waals surface area contributed by atoms with E-state index in [0.29, 0.717) is 19.6 Å². The Bertz CT molecular complexity index is 460. The Morgan fingerprint density at radius 3 is 2.94 bits per heavy atom. The Morgan fingerprint density at radius 1 is 1.50 bits per heavy atom. The van der Waals surface area contributed by atoms with Gasteiger partial charge in [-0.05, 0) is 18.2 Å². The minimum atomic E-state index is -0.329. The zero-order chi connectivity index (χ0) is 13.4. The number of carbonyl (C=O) groups excluding carboxylic acids is 1. The van der Waals surface area contributed by atoms with Crippen molar-refractivity contribution in [2.24, 2.45) is 17.4 Å². The number of rotatable bonds is 5. The number of hydrogen-bond donors (Lipinski definition) is 2. The number of amides is 1. The predicted octanol–water partition coefficient (Wildman–Crippen LogP) is 0.887. The summed E-state index contributed by atoms with van der Waals surface area (Å²) in [7, 11) is 0. The number of carbonyl (C=O) groups is 1. The second kappa shape index (κ2) is 7.36. The molecule has 18 heavy (non-hydrogen) atoms. The van der Waals surface area contributed by atoms with E-state index in [-0.39, 0.29) is 11.8 Å². The van der Waals surface area contributed by atoms with Gasteiger partial charge in [0.25, 0.3) is 0 Å². The molecule has 4 N–H and O–H groups in total. The summed E-state index contributed by atoms with van der Waals surface area (Å²) in [6, 6.07) is 7.45. The molecule has 1 aromatic rings. The van der Waals surface area contributed by atoms with Crippen LogP contribution in [0.25, 0.3) is 0 Å². The summed E-state index contributed by atoms with van der Waals surface area (Å²) in [5.41, 5.74) is 11.4. The number of hydrogen-bond acceptors (Lipinski definition) is 3. The molecule has 0 saturated carbocycles. The van der Waals surface area contributed by atoms with E-state index in [1.807, 2.05) is 24.3 Å². The van der Waals surface area contributed by atoms with Gasteiger partial charge in [0.1, 0.15) is 12.4 Å². The van der Waals surface area contributed by atoms with Crippen LogP contribution < -0.4 is 16.2 Å². The highest BCUT2D eigenvalue weighted by atomic mass is 16.5. The molecule has 0 bridgehead atoms. The molecular formula is C14H18N2O2. The third-order valence-electron chi connectivity index (χ3n) is 2.35. The maximum atomic E-state index is 10.8. The highest BCUT2D eigenvalue weighted by molar-refractivity contribution is 5.76. The lowest BCUT2D eigenvalue weighted by molar-refractivity contribution is -0.121. The average molecular weight is 246 g/mol. The summed E-state index contributed by atoms with van der Waals surface area (Å²) in [6.07, 6.45) is 0.462. The summed E-state index contributed by atoms with van der Waals surface area (Å²) >= 11 is 0. The minimum Gasteiger partial charge on any atom is -0.492 e. The Hall–Kier alpha value is -1.99. The van der Waals surface area contributed by atoms with Crippen LogP contribution >= 0.6 is 0 Å². The first kappa shape index (κ1) is 14.1. The molecule has 0 aliphatic carbocycles. The fourth-order valence-corrected chi connectivity index (χ4v) is 1.25. The largest absolute Gasteiger partial charge is 0.492 e. The summed E-state index contributed by atoms with van der Waals surface area (Å²) < 4.78 is 5.39. The minimum absolute atomic E-state index is 0.228. The standard InChI is InChI=1S/C14H18N2O2/c1-11(14(16)17)4-2-5-12-6-3-7-13(10-12)18-9-8-15/h3,6-7,10-11H,4,8-9,15H2,1H3,(H2,16,17). The van der Waals surface area contributed by atoms with Crippen LogP contribution in [-0.4, -0.2) is 19.1 Å². The maximum absolute atomic E-state index is 10.8. The van der Waals surface area contributed by atoms with Crippen molar-refractivity contribution in [1.82, 2.24) is 0 Å². The van der Waals surface area contributed by atoms with Gasteiger partial charge < -0.3 is 16.2 Å².